The minimum Gasteiger partial charge on any atom is -0.481 e. The van der Waals surface area contributed by atoms with Crippen LogP contribution in [0.2, 0.25) is 0 Å². The van der Waals surface area contributed by atoms with E-state index < -0.39 is 11.4 Å². The average Bonchev–Trinajstić information content (AvgIpc) is 2.78. The highest BCUT2D eigenvalue weighted by molar-refractivity contribution is 5.95. The zero-order chi connectivity index (χ0) is 17.2. The fourth-order valence-electron chi connectivity index (χ4n) is 2.92. The molecule has 0 fully saturated rings. The van der Waals surface area contributed by atoms with Crippen LogP contribution in [-0.4, -0.2) is 29.4 Å². The van der Waals surface area contributed by atoms with Crippen molar-refractivity contribution < 1.29 is 19.5 Å². The minimum atomic E-state index is -0.912. The number of aliphatic carboxylic acids is 1. The molecule has 124 valence electrons. The van der Waals surface area contributed by atoms with Gasteiger partial charge < -0.3 is 15.3 Å². The summed E-state index contributed by atoms with van der Waals surface area (Å²) in [6.07, 6.45) is 0.845. The van der Waals surface area contributed by atoms with Gasteiger partial charge in [0, 0.05) is 31.3 Å². The van der Waals surface area contributed by atoms with Gasteiger partial charge in [-0.1, -0.05) is 13.8 Å². The van der Waals surface area contributed by atoms with E-state index in [1.165, 1.54) is 6.92 Å². The Balaban J connectivity index is 2.03. The number of carboxylic acids is 1. The number of nitrogens with zero attached hydrogens (tertiary/aromatic N) is 1. The number of nitrogens with one attached hydrogen (secondary N) is 1. The van der Waals surface area contributed by atoms with Gasteiger partial charge in [-0.25, -0.2) is 0 Å². The molecule has 1 aromatic rings. The lowest BCUT2D eigenvalue weighted by molar-refractivity contribution is -0.139. The quantitative estimate of drug-likeness (QED) is 0.873. The molecule has 6 heteroatoms. The number of hydrogen-bond donors (Lipinski definition) is 2. The molecule has 0 atom stereocenters. The Kier molecular flexibility index (Phi) is 4.73. The SMILES string of the molecule is CC(=O)N1CCc2cc(NC(=O)CC(C)(C)CC(=O)O)ccc21. The molecule has 0 spiro atoms. The first-order valence-electron chi connectivity index (χ1n) is 7.61. The first-order valence-corrected chi connectivity index (χ1v) is 7.61. The Labute approximate surface area is 135 Å². The molecule has 0 aromatic heterocycles. The maximum absolute atomic E-state index is 12.1. The Bertz CT molecular complexity index is 652. The van der Waals surface area contributed by atoms with Crippen LogP contribution in [0.15, 0.2) is 18.2 Å². The summed E-state index contributed by atoms with van der Waals surface area (Å²) in [6, 6.07) is 5.48. The van der Waals surface area contributed by atoms with Crippen LogP contribution in [0.4, 0.5) is 11.4 Å². The molecule has 0 radical (unpaired) electrons. The van der Waals surface area contributed by atoms with Gasteiger partial charge in [-0.05, 0) is 35.6 Å². The summed E-state index contributed by atoms with van der Waals surface area (Å²) in [5, 5.41) is 11.7. The van der Waals surface area contributed by atoms with Crippen LogP contribution in [0.1, 0.15) is 39.2 Å². The summed E-state index contributed by atoms with van der Waals surface area (Å²) in [5.41, 5.74) is 1.99. The average molecular weight is 318 g/mol. The predicted molar refractivity (Wildman–Crippen MR) is 87.5 cm³/mol. The van der Waals surface area contributed by atoms with E-state index in [1.807, 2.05) is 12.1 Å². The first kappa shape index (κ1) is 17.0. The number of anilines is 2. The fraction of sp³-hybridized carbons (Fsp3) is 0.471. The molecular weight excluding hydrogens is 296 g/mol. The van der Waals surface area contributed by atoms with Crippen molar-refractivity contribution in [3.63, 3.8) is 0 Å². The fourth-order valence-corrected chi connectivity index (χ4v) is 2.92. The molecule has 0 saturated carbocycles. The number of carboxylic acid groups (broad SMARTS) is 1. The van der Waals surface area contributed by atoms with Crippen molar-refractivity contribution in [1.29, 1.82) is 0 Å². The number of rotatable bonds is 5. The van der Waals surface area contributed by atoms with Gasteiger partial charge in [0.2, 0.25) is 11.8 Å². The van der Waals surface area contributed by atoms with Crippen molar-refractivity contribution in [1.82, 2.24) is 0 Å². The highest BCUT2D eigenvalue weighted by atomic mass is 16.4. The smallest absolute Gasteiger partial charge is 0.303 e. The van der Waals surface area contributed by atoms with Crippen LogP contribution in [0.25, 0.3) is 0 Å². The third kappa shape index (κ3) is 4.31. The van der Waals surface area contributed by atoms with Crippen LogP contribution in [0, 0.1) is 5.41 Å². The topological polar surface area (TPSA) is 86.7 Å². The molecule has 0 saturated heterocycles. The summed E-state index contributed by atoms with van der Waals surface area (Å²) in [6.45, 7) is 5.71. The predicted octanol–water partition coefficient (Wildman–Crippen LogP) is 2.43. The van der Waals surface area contributed by atoms with Crippen LogP contribution in [-0.2, 0) is 20.8 Å². The number of carbonyl (C=O) groups is 3. The number of amides is 2. The highest BCUT2D eigenvalue weighted by Gasteiger charge is 2.26. The first-order chi connectivity index (χ1) is 10.7. The molecular formula is C17H22N2O4. The lowest BCUT2D eigenvalue weighted by atomic mass is 9.85. The van der Waals surface area contributed by atoms with Gasteiger partial charge in [0.15, 0.2) is 0 Å². The molecule has 2 rings (SSSR count). The second-order valence-electron chi connectivity index (χ2n) is 6.72. The Hall–Kier alpha value is -2.37. The van der Waals surface area contributed by atoms with E-state index in [0.717, 1.165) is 17.7 Å². The van der Waals surface area contributed by atoms with Crippen molar-refractivity contribution in [2.45, 2.75) is 40.0 Å². The zero-order valence-corrected chi connectivity index (χ0v) is 13.7. The monoisotopic (exact) mass is 318 g/mol. The summed E-state index contributed by atoms with van der Waals surface area (Å²) in [7, 11) is 0. The Morgan fingerprint density at radius 1 is 1.26 bits per heavy atom. The molecule has 2 N–H and O–H groups in total. The maximum atomic E-state index is 12.1. The van der Waals surface area contributed by atoms with Gasteiger partial charge in [-0.15, -0.1) is 0 Å². The maximum Gasteiger partial charge on any atom is 0.303 e. The molecule has 0 aliphatic carbocycles. The van der Waals surface area contributed by atoms with Crippen LogP contribution >= 0.6 is 0 Å². The Morgan fingerprint density at radius 3 is 2.57 bits per heavy atom. The molecule has 6 nitrogen and oxygen atoms in total. The summed E-state index contributed by atoms with van der Waals surface area (Å²) in [5.74, 6) is -1.11. The van der Waals surface area contributed by atoms with Crippen LogP contribution in [0.3, 0.4) is 0 Å². The number of fused-ring (bicyclic) bond motifs is 1. The minimum absolute atomic E-state index is 0.0101. The van der Waals surface area contributed by atoms with Gasteiger partial charge >= 0.3 is 5.97 Å². The van der Waals surface area contributed by atoms with Gasteiger partial charge in [-0.3, -0.25) is 14.4 Å². The number of carbonyl (C=O) groups excluding carboxylic acids is 2. The summed E-state index contributed by atoms with van der Waals surface area (Å²) < 4.78 is 0. The molecule has 1 aliphatic heterocycles. The molecule has 0 bridgehead atoms. The van der Waals surface area contributed by atoms with Crippen molar-refractivity contribution in [2.75, 3.05) is 16.8 Å². The lowest BCUT2D eigenvalue weighted by Crippen LogP contribution is -2.25. The van der Waals surface area contributed by atoms with Crippen molar-refractivity contribution >= 4 is 29.2 Å². The largest absolute Gasteiger partial charge is 0.481 e. The number of hydrogen-bond acceptors (Lipinski definition) is 3. The molecule has 1 heterocycles. The van der Waals surface area contributed by atoms with E-state index >= 15 is 0 Å². The molecule has 1 aromatic carbocycles. The second kappa shape index (κ2) is 6.40. The number of benzene rings is 1. The van der Waals surface area contributed by atoms with E-state index in [2.05, 4.69) is 5.32 Å². The highest BCUT2D eigenvalue weighted by Crippen LogP contribution is 2.31. The zero-order valence-electron chi connectivity index (χ0n) is 13.7. The second-order valence-corrected chi connectivity index (χ2v) is 6.72. The van der Waals surface area contributed by atoms with Crippen molar-refractivity contribution in [3.8, 4) is 0 Å². The molecule has 2 amide bonds. The van der Waals surface area contributed by atoms with E-state index in [0.29, 0.717) is 12.2 Å². The van der Waals surface area contributed by atoms with Gasteiger partial charge in [0.1, 0.15) is 0 Å². The van der Waals surface area contributed by atoms with Crippen LogP contribution < -0.4 is 10.2 Å². The van der Waals surface area contributed by atoms with Gasteiger partial charge in [-0.2, -0.15) is 0 Å². The molecule has 1 aliphatic rings. The van der Waals surface area contributed by atoms with Gasteiger partial charge in [0.25, 0.3) is 0 Å². The summed E-state index contributed by atoms with van der Waals surface area (Å²) >= 11 is 0. The molecule has 0 unspecified atom stereocenters. The normalized spacial score (nSPS) is 13.6. The van der Waals surface area contributed by atoms with E-state index in [1.54, 1.807) is 24.8 Å². The molecule has 23 heavy (non-hydrogen) atoms. The van der Waals surface area contributed by atoms with E-state index in [4.69, 9.17) is 5.11 Å². The van der Waals surface area contributed by atoms with Gasteiger partial charge in [0.05, 0.1) is 6.42 Å². The summed E-state index contributed by atoms with van der Waals surface area (Å²) in [4.78, 5) is 36.2. The van der Waals surface area contributed by atoms with E-state index in [-0.39, 0.29) is 24.7 Å². The Morgan fingerprint density at radius 2 is 1.96 bits per heavy atom. The third-order valence-electron chi connectivity index (χ3n) is 3.91. The van der Waals surface area contributed by atoms with Crippen molar-refractivity contribution in [2.24, 2.45) is 5.41 Å². The third-order valence-corrected chi connectivity index (χ3v) is 3.91. The standard InChI is InChI=1S/C17H22N2O4/c1-11(20)19-7-6-12-8-13(4-5-14(12)19)18-15(21)9-17(2,3)10-16(22)23/h4-5,8H,6-7,9-10H2,1-3H3,(H,18,21)(H,22,23). The lowest BCUT2D eigenvalue weighted by Gasteiger charge is -2.21. The van der Waals surface area contributed by atoms with Crippen LogP contribution in [0.5, 0.6) is 0 Å². The van der Waals surface area contributed by atoms with E-state index in [9.17, 15) is 14.4 Å². The van der Waals surface area contributed by atoms with Crippen molar-refractivity contribution in [3.05, 3.63) is 23.8 Å².